The average Bonchev–Trinajstić information content (AvgIpc) is 2.24. The van der Waals surface area contributed by atoms with E-state index in [0.29, 0.717) is 5.75 Å². The third-order valence-electron chi connectivity index (χ3n) is 2.13. The molecule has 1 aromatic carbocycles. The minimum Gasteiger partial charge on any atom is -0.507 e. The van der Waals surface area contributed by atoms with Crippen LogP contribution in [0.3, 0.4) is 0 Å². The number of phenolic OH excluding ortho intramolecular Hbond substituents is 1. The SMILES string of the molecule is CC(C)(O)C(=O)c1ccc(OCCO)cc1O. The second-order valence-corrected chi connectivity index (χ2v) is 4.14. The van der Waals surface area contributed by atoms with Crippen LogP contribution in [0.1, 0.15) is 24.2 Å². The Hall–Kier alpha value is -1.59. The van der Waals surface area contributed by atoms with Crippen molar-refractivity contribution in [3.05, 3.63) is 23.8 Å². The highest BCUT2D eigenvalue weighted by Gasteiger charge is 2.27. The number of hydrogen-bond donors (Lipinski definition) is 3. The molecule has 0 bridgehead atoms. The summed E-state index contributed by atoms with van der Waals surface area (Å²) in [5, 5.41) is 27.8. The summed E-state index contributed by atoms with van der Waals surface area (Å²) in [7, 11) is 0. The zero-order chi connectivity index (χ0) is 13.1. The fraction of sp³-hybridized carbons (Fsp3) is 0.417. The second kappa shape index (κ2) is 5.16. The molecule has 0 aliphatic rings. The molecule has 0 atom stereocenters. The maximum atomic E-state index is 11.7. The number of aliphatic hydroxyl groups excluding tert-OH is 1. The van der Waals surface area contributed by atoms with E-state index in [0.717, 1.165) is 0 Å². The van der Waals surface area contributed by atoms with Crippen LogP contribution >= 0.6 is 0 Å². The summed E-state index contributed by atoms with van der Waals surface area (Å²) in [5.41, 5.74) is -1.50. The van der Waals surface area contributed by atoms with E-state index in [2.05, 4.69) is 0 Å². The summed E-state index contributed by atoms with van der Waals surface area (Å²) < 4.78 is 5.07. The minimum absolute atomic E-state index is 0.0360. The lowest BCUT2D eigenvalue weighted by Gasteiger charge is -2.16. The van der Waals surface area contributed by atoms with Gasteiger partial charge < -0.3 is 20.1 Å². The van der Waals surface area contributed by atoms with Crippen LogP contribution in [0, 0.1) is 0 Å². The van der Waals surface area contributed by atoms with Gasteiger partial charge in [0.05, 0.1) is 12.2 Å². The van der Waals surface area contributed by atoms with E-state index in [1.165, 1.54) is 32.0 Å². The van der Waals surface area contributed by atoms with Gasteiger partial charge in [0, 0.05) is 6.07 Å². The first-order valence-electron chi connectivity index (χ1n) is 5.20. The summed E-state index contributed by atoms with van der Waals surface area (Å²) >= 11 is 0. The molecule has 94 valence electrons. The fourth-order valence-corrected chi connectivity index (χ4v) is 1.29. The molecule has 0 amide bonds. The molecule has 1 rings (SSSR count). The van der Waals surface area contributed by atoms with E-state index in [9.17, 15) is 15.0 Å². The second-order valence-electron chi connectivity index (χ2n) is 4.14. The molecule has 17 heavy (non-hydrogen) atoms. The molecule has 0 spiro atoms. The predicted molar refractivity (Wildman–Crippen MR) is 61.3 cm³/mol. The monoisotopic (exact) mass is 240 g/mol. The first-order valence-corrected chi connectivity index (χ1v) is 5.20. The van der Waals surface area contributed by atoms with Crippen LogP contribution in [-0.2, 0) is 0 Å². The van der Waals surface area contributed by atoms with Gasteiger partial charge in [-0.1, -0.05) is 0 Å². The Balaban J connectivity index is 2.94. The number of phenols is 1. The summed E-state index contributed by atoms with van der Waals surface area (Å²) in [4.78, 5) is 11.7. The van der Waals surface area contributed by atoms with Gasteiger partial charge in [-0.3, -0.25) is 4.79 Å². The molecule has 5 nitrogen and oxygen atoms in total. The molecule has 0 unspecified atom stereocenters. The fourth-order valence-electron chi connectivity index (χ4n) is 1.29. The van der Waals surface area contributed by atoms with Gasteiger partial charge in [-0.15, -0.1) is 0 Å². The Kier molecular flexibility index (Phi) is 4.09. The first kappa shape index (κ1) is 13.5. The number of carbonyl (C=O) groups is 1. The number of aliphatic hydroxyl groups is 2. The van der Waals surface area contributed by atoms with Gasteiger partial charge in [0.1, 0.15) is 23.7 Å². The number of ether oxygens (including phenoxy) is 1. The van der Waals surface area contributed by atoms with Gasteiger partial charge in [-0.05, 0) is 26.0 Å². The van der Waals surface area contributed by atoms with Gasteiger partial charge in [-0.25, -0.2) is 0 Å². The number of aromatic hydroxyl groups is 1. The Labute approximate surface area is 99.3 Å². The molecule has 0 aromatic heterocycles. The lowest BCUT2D eigenvalue weighted by molar-refractivity contribution is 0.0485. The van der Waals surface area contributed by atoms with Crippen molar-refractivity contribution in [1.82, 2.24) is 0 Å². The van der Waals surface area contributed by atoms with Crippen molar-refractivity contribution in [1.29, 1.82) is 0 Å². The predicted octanol–water partition coefficient (Wildman–Crippen LogP) is 0.717. The Bertz CT molecular complexity index is 406. The van der Waals surface area contributed by atoms with Crippen LogP contribution < -0.4 is 4.74 Å². The van der Waals surface area contributed by atoms with Crippen molar-refractivity contribution in [3.63, 3.8) is 0 Å². The van der Waals surface area contributed by atoms with Crippen LogP contribution in [0.15, 0.2) is 18.2 Å². The Morgan fingerprint density at radius 1 is 1.41 bits per heavy atom. The van der Waals surface area contributed by atoms with Crippen LogP contribution in [0.5, 0.6) is 11.5 Å². The van der Waals surface area contributed by atoms with Gasteiger partial charge in [-0.2, -0.15) is 0 Å². The quantitative estimate of drug-likeness (QED) is 0.660. The van der Waals surface area contributed by atoms with Crippen molar-refractivity contribution >= 4 is 5.78 Å². The van der Waals surface area contributed by atoms with Crippen LogP contribution in [-0.4, -0.2) is 39.9 Å². The van der Waals surface area contributed by atoms with E-state index in [-0.39, 0.29) is 24.5 Å². The summed E-state index contributed by atoms with van der Waals surface area (Å²) in [6, 6.07) is 4.14. The van der Waals surface area contributed by atoms with Crippen molar-refractivity contribution < 1.29 is 24.9 Å². The molecule has 0 radical (unpaired) electrons. The first-order chi connectivity index (χ1) is 7.86. The summed E-state index contributed by atoms with van der Waals surface area (Å²) in [6.07, 6.45) is 0. The topological polar surface area (TPSA) is 87.0 Å². The van der Waals surface area contributed by atoms with Gasteiger partial charge in [0.25, 0.3) is 0 Å². The molecule has 0 saturated carbocycles. The number of benzene rings is 1. The van der Waals surface area contributed by atoms with E-state index < -0.39 is 11.4 Å². The van der Waals surface area contributed by atoms with Gasteiger partial charge >= 0.3 is 0 Å². The maximum absolute atomic E-state index is 11.7. The molecule has 0 fully saturated rings. The third-order valence-corrected chi connectivity index (χ3v) is 2.13. The molecule has 1 aromatic rings. The van der Waals surface area contributed by atoms with Crippen LogP contribution in [0.25, 0.3) is 0 Å². The normalized spacial score (nSPS) is 11.3. The lowest BCUT2D eigenvalue weighted by atomic mass is 9.96. The zero-order valence-electron chi connectivity index (χ0n) is 9.80. The molecule has 0 saturated heterocycles. The number of hydrogen-bond acceptors (Lipinski definition) is 5. The molecule has 0 heterocycles. The number of rotatable bonds is 5. The Morgan fingerprint density at radius 3 is 2.53 bits per heavy atom. The molecule has 3 N–H and O–H groups in total. The summed E-state index contributed by atoms with van der Waals surface area (Å²) in [5.74, 6) is -0.472. The van der Waals surface area contributed by atoms with E-state index in [4.69, 9.17) is 9.84 Å². The van der Waals surface area contributed by atoms with Crippen LogP contribution in [0.4, 0.5) is 0 Å². The highest BCUT2D eigenvalue weighted by molar-refractivity contribution is 6.03. The lowest BCUT2D eigenvalue weighted by Crippen LogP contribution is -2.31. The van der Waals surface area contributed by atoms with Crippen LogP contribution in [0.2, 0.25) is 0 Å². The van der Waals surface area contributed by atoms with Crippen molar-refractivity contribution in [2.24, 2.45) is 0 Å². The molecular weight excluding hydrogens is 224 g/mol. The molecule has 5 heteroatoms. The maximum Gasteiger partial charge on any atom is 0.197 e. The Morgan fingerprint density at radius 2 is 2.06 bits per heavy atom. The number of Topliss-reactive ketones (excluding diaryl/α,β-unsaturated/α-hetero) is 1. The number of ketones is 1. The van der Waals surface area contributed by atoms with E-state index >= 15 is 0 Å². The number of carbonyl (C=O) groups excluding carboxylic acids is 1. The highest BCUT2D eigenvalue weighted by Crippen LogP contribution is 2.26. The van der Waals surface area contributed by atoms with Gasteiger partial charge in [0.15, 0.2) is 5.78 Å². The average molecular weight is 240 g/mol. The molecular formula is C12H16O5. The van der Waals surface area contributed by atoms with Crippen molar-refractivity contribution in [3.8, 4) is 11.5 Å². The molecule has 0 aliphatic carbocycles. The minimum atomic E-state index is -1.54. The molecule has 0 aliphatic heterocycles. The third kappa shape index (κ3) is 3.44. The standard InChI is InChI=1S/C12H16O5/c1-12(2,16)11(15)9-4-3-8(7-10(9)14)17-6-5-13/h3-4,7,13-14,16H,5-6H2,1-2H3. The van der Waals surface area contributed by atoms with E-state index in [1.54, 1.807) is 0 Å². The highest BCUT2D eigenvalue weighted by atomic mass is 16.5. The smallest absolute Gasteiger partial charge is 0.197 e. The zero-order valence-corrected chi connectivity index (χ0v) is 9.80. The largest absolute Gasteiger partial charge is 0.507 e. The van der Waals surface area contributed by atoms with E-state index in [1.807, 2.05) is 0 Å². The summed E-state index contributed by atoms with van der Waals surface area (Å²) in [6.45, 7) is 2.68. The van der Waals surface area contributed by atoms with Crippen molar-refractivity contribution in [2.45, 2.75) is 19.4 Å². The van der Waals surface area contributed by atoms with Crippen molar-refractivity contribution in [2.75, 3.05) is 13.2 Å². The van der Waals surface area contributed by atoms with Gasteiger partial charge in [0.2, 0.25) is 0 Å².